The highest BCUT2D eigenvalue weighted by Crippen LogP contribution is 2.47. The van der Waals surface area contributed by atoms with E-state index in [9.17, 15) is 10.2 Å². The molecule has 0 heterocycles. The van der Waals surface area contributed by atoms with Crippen molar-refractivity contribution in [3.63, 3.8) is 0 Å². The monoisotopic (exact) mass is 589 g/mol. The zero-order valence-corrected chi connectivity index (χ0v) is 30.1. The standard InChI is InChI=1S/C40H76O2/c1-29(17-13-19-31(3)21-23-37-33(5)25-35(41)27-39(37,7)8)15-11-12-16-30(2)18-14-20-32(4)22-24-38-34(6)26-36(42)28-40(38,9)10/h21,23,29-38,41-42H,11-20,22,24-28H2,1-10H3/b23-21+/t29-,30-,31-,32-,33+,34+,35-,36-,37-,38-/m1/s1. The number of hydrogen-bond donors (Lipinski definition) is 2. The fraction of sp³-hybridized carbons (Fsp3) is 0.950. The molecule has 10 atom stereocenters. The molecule has 0 bridgehead atoms. The summed E-state index contributed by atoms with van der Waals surface area (Å²) < 4.78 is 0. The maximum absolute atomic E-state index is 10.2. The lowest BCUT2D eigenvalue weighted by Crippen LogP contribution is -2.40. The minimum Gasteiger partial charge on any atom is -0.393 e. The van der Waals surface area contributed by atoms with Gasteiger partial charge in [0.2, 0.25) is 0 Å². The van der Waals surface area contributed by atoms with Crippen molar-refractivity contribution in [2.24, 2.45) is 58.2 Å². The normalized spacial score (nSPS) is 32.5. The van der Waals surface area contributed by atoms with Crippen LogP contribution in [-0.4, -0.2) is 22.4 Å². The summed E-state index contributed by atoms with van der Waals surface area (Å²) in [5.41, 5.74) is 0.491. The molecule has 0 unspecified atom stereocenters. The molecule has 0 saturated heterocycles. The number of aliphatic hydroxyl groups is 2. The van der Waals surface area contributed by atoms with E-state index in [1.807, 2.05) is 0 Å². The molecule has 0 aromatic heterocycles. The van der Waals surface area contributed by atoms with E-state index in [0.717, 1.165) is 49.4 Å². The Balaban J connectivity index is 1.51. The summed E-state index contributed by atoms with van der Waals surface area (Å²) in [4.78, 5) is 0. The summed E-state index contributed by atoms with van der Waals surface area (Å²) in [5.74, 6) is 5.81. The van der Waals surface area contributed by atoms with Crippen LogP contribution in [0.25, 0.3) is 0 Å². The Hall–Kier alpha value is -0.340. The average Bonchev–Trinajstić information content (AvgIpc) is 2.84. The SMILES string of the molecule is C[C@H](CCCC[C@@H](C)CCC[C@@H](C)/C=C/[C@@H]1[C@@H](C)C[C@@H](O)CC1(C)C)CCC[C@@H](C)CC[C@@H]1[C@@H](C)C[C@@H](O)CC1(C)C. The Bertz CT molecular complexity index is 753. The molecule has 0 radical (unpaired) electrons. The summed E-state index contributed by atoms with van der Waals surface area (Å²) in [7, 11) is 0. The van der Waals surface area contributed by atoms with Crippen molar-refractivity contribution < 1.29 is 10.2 Å². The van der Waals surface area contributed by atoms with Crippen molar-refractivity contribution in [1.29, 1.82) is 0 Å². The lowest BCUT2D eigenvalue weighted by molar-refractivity contribution is -0.0174. The lowest BCUT2D eigenvalue weighted by atomic mass is 9.61. The van der Waals surface area contributed by atoms with Crippen molar-refractivity contribution in [3.05, 3.63) is 12.2 Å². The molecule has 2 rings (SSSR count). The molecule has 2 heteroatoms. The molecule has 2 nitrogen and oxygen atoms in total. The van der Waals surface area contributed by atoms with Crippen LogP contribution in [0.2, 0.25) is 0 Å². The van der Waals surface area contributed by atoms with Crippen molar-refractivity contribution in [2.45, 2.75) is 184 Å². The number of hydrogen-bond acceptors (Lipinski definition) is 2. The molecule has 2 N–H and O–H groups in total. The minimum atomic E-state index is -0.119. The van der Waals surface area contributed by atoms with E-state index in [1.165, 1.54) is 77.0 Å². The van der Waals surface area contributed by atoms with Crippen LogP contribution in [0.15, 0.2) is 12.2 Å². The quantitative estimate of drug-likeness (QED) is 0.123. The summed E-state index contributed by atoms with van der Waals surface area (Å²) in [6, 6.07) is 0. The van der Waals surface area contributed by atoms with Gasteiger partial charge in [-0.05, 0) is 96.7 Å². The predicted molar refractivity (Wildman–Crippen MR) is 185 cm³/mol. The Morgan fingerprint density at radius 1 is 0.619 bits per heavy atom. The maximum atomic E-state index is 10.2. The topological polar surface area (TPSA) is 40.5 Å². The van der Waals surface area contributed by atoms with Gasteiger partial charge in [-0.2, -0.15) is 0 Å². The van der Waals surface area contributed by atoms with E-state index in [1.54, 1.807) is 0 Å². The summed E-state index contributed by atoms with van der Waals surface area (Å²) in [5, 5.41) is 20.4. The molecular weight excluding hydrogens is 512 g/mol. The molecular formula is C40H76O2. The van der Waals surface area contributed by atoms with E-state index >= 15 is 0 Å². The Labute approximate surface area is 264 Å². The first-order valence-electron chi connectivity index (χ1n) is 18.6. The fourth-order valence-electron chi connectivity index (χ4n) is 9.40. The molecule has 2 aliphatic carbocycles. The molecule has 0 amide bonds. The first kappa shape index (κ1) is 37.8. The van der Waals surface area contributed by atoms with E-state index in [-0.39, 0.29) is 23.0 Å². The Morgan fingerprint density at radius 3 is 1.60 bits per heavy atom. The smallest absolute Gasteiger partial charge is 0.0548 e. The maximum Gasteiger partial charge on any atom is 0.0548 e. The zero-order valence-electron chi connectivity index (χ0n) is 30.1. The number of allylic oxidation sites excluding steroid dienone is 2. The van der Waals surface area contributed by atoms with Crippen LogP contribution < -0.4 is 0 Å². The third-order valence-corrected chi connectivity index (χ3v) is 12.0. The Morgan fingerprint density at radius 2 is 1.07 bits per heavy atom. The van der Waals surface area contributed by atoms with Crippen LogP contribution >= 0.6 is 0 Å². The molecule has 248 valence electrons. The van der Waals surface area contributed by atoms with Gasteiger partial charge in [0.25, 0.3) is 0 Å². The molecule has 2 saturated carbocycles. The van der Waals surface area contributed by atoms with Crippen LogP contribution in [0.1, 0.15) is 172 Å². The van der Waals surface area contributed by atoms with Gasteiger partial charge in [0.15, 0.2) is 0 Å². The van der Waals surface area contributed by atoms with Gasteiger partial charge in [-0.1, -0.05) is 146 Å². The van der Waals surface area contributed by atoms with Gasteiger partial charge < -0.3 is 10.2 Å². The van der Waals surface area contributed by atoms with Gasteiger partial charge in [-0.3, -0.25) is 0 Å². The van der Waals surface area contributed by atoms with E-state index in [0.29, 0.717) is 23.7 Å². The molecule has 0 aromatic rings. The largest absolute Gasteiger partial charge is 0.393 e. The van der Waals surface area contributed by atoms with Crippen LogP contribution in [0.4, 0.5) is 0 Å². The van der Waals surface area contributed by atoms with E-state index in [2.05, 4.69) is 81.4 Å². The molecule has 0 spiro atoms. The summed E-state index contributed by atoms with van der Waals surface area (Å²) >= 11 is 0. The van der Waals surface area contributed by atoms with Gasteiger partial charge >= 0.3 is 0 Å². The third kappa shape index (κ3) is 13.3. The van der Waals surface area contributed by atoms with Crippen molar-refractivity contribution in [1.82, 2.24) is 0 Å². The van der Waals surface area contributed by atoms with Crippen LogP contribution in [-0.2, 0) is 0 Å². The molecule has 42 heavy (non-hydrogen) atoms. The molecule has 0 aliphatic heterocycles. The highest BCUT2D eigenvalue weighted by Gasteiger charge is 2.40. The number of unbranched alkanes of at least 4 members (excludes halogenated alkanes) is 1. The fourth-order valence-corrected chi connectivity index (χ4v) is 9.40. The van der Waals surface area contributed by atoms with Gasteiger partial charge in [-0.25, -0.2) is 0 Å². The van der Waals surface area contributed by atoms with Gasteiger partial charge in [0.05, 0.1) is 12.2 Å². The van der Waals surface area contributed by atoms with Gasteiger partial charge in [-0.15, -0.1) is 0 Å². The first-order chi connectivity index (χ1) is 19.6. The number of aliphatic hydroxyl groups excluding tert-OH is 2. The van der Waals surface area contributed by atoms with E-state index < -0.39 is 0 Å². The van der Waals surface area contributed by atoms with Gasteiger partial charge in [0.1, 0.15) is 0 Å². The second kappa shape index (κ2) is 18.0. The first-order valence-corrected chi connectivity index (χ1v) is 18.6. The highest BCUT2D eigenvalue weighted by molar-refractivity contribution is 5.03. The van der Waals surface area contributed by atoms with Crippen molar-refractivity contribution in [2.75, 3.05) is 0 Å². The predicted octanol–water partition coefficient (Wildman–Crippen LogP) is 11.6. The molecule has 2 fully saturated rings. The van der Waals surface area contributed by atoms with E-state index in [4.69, 9.17) is 0 Å². The van der Waals surface area contributed by atoms with Crippen LogP contribution in [0.3, 0.4) is 0 Å². The number of rotatable bonds is 18. The third-order valence-electron chi connectivity index (χ3n) is 12.0. The van der Waals surface area contributed by atoms with Crippen LogP contribution in [0, 0.1) is 58.2 Å². The highest BCUT2D eigenvalue weighted by atomic mass is 16.3. The van der Waals surface area contributed by atoms with Crippen molar-refractivity contribution >= 4 is 0 Å². The second-order valence-corrected chi connectivity index (χ2v) is 17.7. The lowest BCUT2D eigenvalue weighted by Gasteiger charge is -2.45. The minimum absolute atomic E-state index is 0.0871. The molecule has 0 aromatic carbocycles. The second-order valence-electron chi connectivity index (χ2n) is 17.7. The molecule has 2 aliphatic rings. The zero-order chi connectivity index (χ0) is 31.5. The van der Waals surface area contributed by atoms with Crippen molar-refractivity contribution in [3.8, 4) is 0 Å². The average molecular weight is 589 g/mol. The summed E-state index contributed by atoms with van der Waals surface area (Å²) in [6.45, 7) is 24.0. The van der Waals surface area contributed by atoms with Gasteiger partial charge in [0, 0.05) is 0 Å². The summed E-state index contributed by atoms with van der Waals surface area (Å²) in [6.07, 6.45) is 25.2. The van der Waals surface area contributed by atoms with Crippen LogP contribution in [0.5, 0.6) is 0 Å². The Kier molecular flexibility index (Phi) is 16.2.